The fraction of sp³-hybridized carbons (Fsp3) is 0.333. The Labute approximate surface area is 141 Å². The van der Waals surface area contributed by atoms with Crippen LogP contribution in [0.1, 0.15) is 18.5 Å². The Kier molecular flexibility index (Phi) is 5.15. The van der Waals surface area contributed by atoms with Gasteiger partial charge >= 0.3 is 0 Å². The number of amides is 1. The molecule has 6 nitrogen and oxygen atoms in total. The molecule has 0 aromatic carbocycles. The highest BCUT2D eigenvalue weighted by atomic mass is 16.2. The van der Waals surface area contributed by atoms with Crippen LogP contribution in [0.3, 0.4) is 0 Å². The van der Waals surface area contributed by atoms with Gasteiger partial charge in [0.2, 0.25) is 5.91 Å². The second-order valence-corrected chi connectivity index (χ2v) is 5.91. The van der Waals surface area contributed by atoms with E-state index in [9.17, 15) is 4.79 Å². The predicted octanol–water partition coefficient (Wildman–Crippen LogP) is 2.58. The molecule has 1 fully saturated rings. The summed E-state index contributed by atoms with van der Waals surface area (Å²) in [5.41, 5.74) is 0.982. The molecule has 0 saturated carbocycles. The summed E-state index contributed by atoms with van der Waals surface area (Å²) in [7, 11) is 0. The molecule has 24 heavy (non-hydrogen) atoms. The van der Waals surface area contributed by atoms with E-state index in [1.165, 1.54) is 6.08 Å². The van der Waals surface area contributed by atoms with Gasteiger partial charge in [-0.15, -0.1) is 0 Å². The lowest BCUT2D eigenvalue weighted by atomic mass is 9.92. The number of carbonyl (C=O) groups excluding carboxylic acids is 1. The van der Waals surface area contributed by atoms with Crippen molar-refractivity contribution in [2.75, 3.05) is 18.4 Å². The Bertz CT molecular complexity index is 678. The van der Waals surface area contributed by atoms with Gasteiger partial charge in [0.25, 0.3) is 0 Å². The van der Waals surface area contributed by atoms with Crippen LogP contribution in [0, 0.1) is 5.92 Å². The summed E-state index contributed by atoms with van der Waals surface area (Å²) in [6.45, 7) is 5.13. The van der Waals surface area contributed by atoms with Crippen molar-refractivity contribution < 1.29 is 4.79 Å². The standard InChI is InChI=1S/C18H21N5O/c1-2-18(24)23-9-6-14(7-10-23)11-15-12-21-17(13-20-15)22-16-5-3-4-8-19-16/h2-5,8,12-14H,1,6-7,9-11H2,(H,19,21,22). The molecule has 0 bridgehead atoms. The minimum Gasteiger partial charge on any atom is -0.339 e. The van der Waals surface area contributed by atoms with Crippen molar-refractivity contribution in [2.45, 2.75) is 19.3 Å². The molecule has 1 N–H and O–H groups in total. The third-order valence-electron chi connectivity index (χ3n) is 4.22. The van der Waals surface area contributed by atoms with Crippen LogP contribution in [0.15, 0.2) is 49.4 Å². The van der Waals surface area contributed by atoms with Crippen LogP contribution < -0.4 is 5.32 Å². The topological polar surface area (TPSA) is 71.0 Å². The van der Waals surface area contributed by atoms with Gasteiger partial charge < -0.3 is 10.2 Å². The van der Waals surface area contributed by atoms with Gasteiger partial charge in [0.1, 0.15) is 11.6 Å². The summed E-state index contributed by atoms with van der Waals surface area (Å²) in [4.78, 5) is 26.5. The second kappa shape index (κ2) is 7.68. The number of anilines is 2. The molecule has 0 unspecified atom stereocenters. The van der Waals surface area contributed by atoms with Crippen LogP contribution in [-0.2, 0) is 11.2 Å². The van der Waals surface area contributed by atoms with Gasteiger partial charge in [-0.3, -0.25) is 9.78 Å². The van der Waals surface area contributed by atoms with E-state index in [-0.39, 0.29) is 5.91 Å². The van der Waals surface area contributed by atoms with Crippen molar-refractivity contribution in [3.05, 3.63) is 55.1 Å². The average Bonchev–Trinajstić information content (AvgIpc) is 2.64. The van der Waals surface area contributed by atoms with E-state index < -0.39 is 0 Å². The summed E-state index contributed by atoms with van der Waals surface area (Å²) in [5, 5.41) is 3.12. The first kappa shape index (κ1) is 16.1. The third kappa shape index (κ3) is 4.16. The van der Waals surface area contributed by atoms with Crippen LogP contribution in [0.25, 0.3) is 0 Å². The molecule has 3 heterocycles. The van der Waals surface area contributed by atoms with Crippen molar-refractivity contribution >= 4 is 17.5 Å². The van der Waals surface area contributed by atoms with E-state index in [4.69, 9.17) is 0 Å². The fourth-order valence-electron chi connectivity index (χ4n) is 2.87. The number of carbonyl (C=O) groups is 1. The number of nitrogens with one attached hydrogen (secondary N) is 1. The molecule has 3 rings (SSSR count). The second-order valence-electron chi connectivity index (χ2n) is 5.91. The minimum atomic E-state index is 0.0261. The maximum Gasteiger partial charge on any atom is 0.245 e. The molecule has 1 aliphatic rings. The van der Waals surface area contributed by atoms with Gasteiger partial charge in [-0.05, 0) is 43.4 Å². The number of piperidine rings is 1. The maximum absolute atomic E-state index is 11.6. The first-order valence-electron chi connectivity index (χ1n) is 8.15. The highest BCUT2D eigenvalue weighted by molar-refractivity contribution is 5.87. The monoisotopic (exact) mass is 323 g/mol. The molecule has 1 aliphatic heterocycles. The van der Waals surface area contributed by atoms with E-state index in [0.717, 1.165) is 43.9 Å². The SMILES string of the molecule is C=CC(=O)N1CCC(Cc2cnc(Nc3ccccn3)cn2)CC1. The number of pyridine rings is 1. The Balaban J connectivity index is 1.52. The Hall–Kier alpha value is -2.76. The number of rotatable bonds is 5. The molecule has 0 atom stereocenters. The smallest absolute Gasteiger partial charge is 0.245 e. The number of nitrogens with zero attached hydrogens (tertiary/aromatic N) is 4. The Morgan fingerprint density at radius 3 is 2.67 bits per heavy atom. The molecule has 1 saturated heterocycles. The molecule has 2 aromatic rings. The number of aromatic nitrogens is 3. The molecule has 124 valence electrons. The van der Waals surface area contributed by atoms with Crippen LogP contribution in [0.5, 0.6) is 0 Å². The zero-order valence-corrected chi connectivity index (χ0v) is 13.6. The molecule has 1 amide bonds. The zero-order chi connectivity index (χ0) is 16.8. The lowest BCUT2D eigenvalue weighted by Gasteiger charge is -2.31. The molecule has 0 spiro atoms. The summed E-state index contributed by atoms with van der Waals surface area (Å²) < 4.78 is 0. The van der Waals surface area contributed by atoms with E-state index in [0.29, 0.717) is 11.7 Å². The van der Waals surface area contributed by atoms with Crippen molar-refractivity contribution in [2.24, 2.45) is 5.92 Å². The molecule has 0 aliphatic carbocycles. The predicted molar refractivity (Wildman–Crippen MR) is 92.8 cm³/mol. The largest absolute Gasteiger partial charge is 0.339 e. The lowest BCUT2D eigenvalue weighted by molar-refractivity contribution is -0.127. The van der Waals surface area contributed by atoms with E-state index in [2.05, 4.69) is 26.8 Å². The van der Waals surface area contributed by atoms with Gasteiger partial charge in [-0.25, -0.2) is 9.97 Å². The highest BCUT2D eigenvalue weighted by Crippen LogP contribution is 2.21. The van der Waals surface area contributed by atoms with Crippen molar-refractivity contribution in [1.29, 1.82) is 0 Å². The molecule has 2 aromatic heterocycles. The van der Waals surface area contributed by atoms with Gasteiger partial charge in [0.15, 0.2) is 0 Å². The lowest BCUT2D eigenvalue weighted by Crippen LogP contribution is -2.37. The summed E-state index contributed by atoms with van der Waals surface area (Å²) in [6.07, 6.45) is 9.55. The number of hydrogen-bond acceptors (Lipinski definition) is 5. The average molecular weight is 323 g/mol. The van der Waals surface area contributed by atoms with Crippen LogP contribution >= 0.6 is 0 Å². The minimum absolute atomic E-state index is 0.0261. The summed E-state index contributed by atoms with van der Waals surface area (Å²) >= 11 is 0. The van der Waals surface area contributed by atoms with Crippen LogP contribution in [-0.4, -0.2) is 38.8 Å². The van der Waals surface area contributed by atoms with Crippen molar-refractivity contribution in [1.82, 2.24) is 19.9 Å². The molecule has 0 radical (unpaired) electrons. The van der Waals surface area contributed by atoms with E-state index in [1.54, 1.807) is 12.4 Å². The van der Waals surface area contributed by atoms with Gasteiger partial charge in [0.05, 0.1) is 18.1 Å². The Morgan fingerprint density at radius 1 is 1.21 bits per heavy atom. The molecular weight excluding hydrogens is 302 g/mol. The van der Waals surface area contributed by atoms with Gasteiger partial charge in [0, 0.05) is 19.3 Å². The Morgan fingerprint density at radius 2 is 2.04 bits per heavy atom. The van der Waals surface area contributed by atoms with Crippen molar-refractivity contribution in [3.63, 3.8) is 0 Å². The quantitative estimate of drug-likeness (QED) is 0.856. The highest BCUT2D eigenvalue weighted by Gasteiger charge is 2.21. The van der Waals surface area contributed by atoms with Crippen LogP contribution in [0.4, 0.5) is 11.6 Å². The van der Waals surface area contributed by atoms with E-state index in [1.807, 2.05) is 29.3 Å². The van der Waals surface area contributed by atoms with Gasteiger partial charge in [-0.2, -0.15) is 0 Å². The van der Waals surface area contributed by atoms with E-state index >= 15 is 0 Å². The maximum atomic E-state index is 11.6. The third-order valence-corrected chi connectivity index (χ3v) is 4.22. The first-order chi connectivity index (χ1) is 11.7. The van der Waals surface area contributed by atoms with Crippen LogP contribution in [0.2, 0.25) is 0 Å². The first-order valence-corrected chi connectivity index (χ1v) is 8.15. The van der Waals surface area contributed by atoms with Crippen molar-refractivity contribution in [3.8, 4) is 0 Å². The fourth-order valence-corrected chi connectivity index (χ4v) is 2.87. The van der Waals surface area contributed by atoms with Gasteiger partial charge in [-0.1, -0.05) is 12.6 Å². The molecular formula is C18H21N5O. The summed E-state index contributed by atoms with van der Waals surface area (Å²) in [6, 6.07) is 5.67. The molecule has 6 heteroatoms. The normalized spacial score (nSPS) is 15.1. The number of likely N-dealkylation sites (tertiary alicyclic amines) is 1. The summed E-state index contributed by atoms with van der Waals surface area (Å²) in [5.74, 6) is 2.00. The number of hydrogen-bond donors (Lipinski definition) is 1. The zero-order valence-electron chi connectivity index (χ0n) is 13.6.